The molecule has 1 aromatic rings. The van der Waals surface area contributed by atoms with Crippen LogP contribution in [0.15, 0.2) is 40.8 Å². The zero-order valence-electron chi connectivity index (χ0n) is 12.8. The fourth-order valence-corrected chi connectivity index (χ4v) is 3.92. The molecule has 1 N–H and O–H groups in total. The Morgan fingerprint density at radius 3 is 2.95 bits per heavy atom. The maximum absolute atomic E-state index is 3.68. The van der Waals surface area contributed by atoms with Gasteiger partial charge in [0.05, 0.1) is 0 Å². The van der Waals surface area contributed by atoms with Crippen LogP contribution in [0, 0.1) is 6.92 Å². The van der Waals surface area contributed by atoms with Crippen molar-refractivity contribution in [2.45, 2.75) is 56.9 Å². The van der Waals surface area contributed by atoms with E-state index in [4.69, 9.17) is 0 Å². The van der Waals surface area contributed by atoms with E-state index in [0.29, 0.717) is 6.04 Å². The summed E-state index contributed by atoms with van der Waals surface area (Å²) in [5.41, 5.74) is 2.99. The highest BCUT2D eigenvalue weighted by Gasteiger charge is 2.15. The molecular weight excluding hydrogens is 262 g/mol. The van der Waals surface area contributed by atoms with Gasteiger partial charge in [0.15, 0.2) is 0 Å². The Morgan fingerprint density at radius 2 is 2.15 bits per heavy atom. The van der Waals surface area contributed by atoms with Gasteiger partial charge in [-0.05, 0) is 51.3 Å². The predicted molar refractivity (Wildman–Crippen MR) is 90.5 cm³/mol. The van der Waals surface area contributed by atoms with E-state index in [0.717, 1.165) is 12.3 Å². The number of benzene rings is 1. The van der Waals surface area contributed by atoms with Crippen LogP contribution in [0.3, 0.4) is 0 Å². The van der Waals surface area contributed by atoms with Crippen molar-refractivity contribution < 1.29 is 0 Å². The maximum atomic E-state index is 3.68. The summed E-state index contributed by atoms with van der Waals surface area (Å²) in [4.78, 5) is 1.39. The molecule has 0 bridgehead atoms. The van der Waals surface area contributed by atoms with Gasteiger partial charge in [0.2, 0.25) is 0 Å². The van der Waals surface area contributed by atoms with E-state index in [1.807, 2.05) is 11.8 Å². The van der Waals surface area contributed by atoms with E-state index in [1.165, 1.54) is 42.6 Å². The quantitative estimate of drug-likeness (QED) is 0.587. The molecule has 0 aromatic heterocycles. The minimum Gasteiger partial charge on any atom is -0.310 e. The molecule has 0 amide bonds. The van der Waals surface area contributed by atoms with Crippen LogP contribution in [0.5, 0.6) is 0 Å². The molecule has 2 rings (SSSR count). The van der Waals surface area contributed by atoms with Crippen molar-refractivity contribution in [3.05, 3.63) is 41.5 Å². The second-order valence-corrected chi connectivity index (χ2v) is 6.71. The molecule has 20 heavy (non-hydrogen) atoms. The standard InChI is InChI=1S/C18H27NS/c1-3-19-18(16-10-6-4-5-7-11-16)14-20-17-12-8-9-15(2)13-17/h8-10,12-13,18-19H,3-7,11,14H2,1-2H3. The molecular formula is C18H27NS. The molecule has 1 aliphatic rings. The third kappa shape index (κ3) is 4.99. The third-order valence-corrected chi connectivity index (χ3v) is 4.97. The number of hydrogen-bond acceptors (Lipinski definition) is 2. The Hall–Kier alpha value is -0.730. The van der Waals surface area contributed by atoms with E-state index in [2.05, 4.69) is 49.5 Å². The molecule has 0 aliphatic heterocycles. The van der Waals surface area contributed by atoms with Gasteiger partial charge in [-0.15, -0.1) is 11.8 Å². The Morgan fingerprint density at radius 1 is 1.25 bits per heavy atom. The van der Waals surface area contributed by atoms with Crippen LogP contribution in [0.2, 0.25) is 0 Å². The normalized spacial score (nSPS) is 17.4. The molecule has 1 aromatic carbocycles. The van der Waals surface area contributed by atoms with Crippen LogP contribution in [0.25, 0.3) is 0 Å². The topological polar surface area (TPSA) is 12.0 Å². The van der Waals surface area contributed by atoms with Gasteiger partial charge in [0, 0.05) is 16.7 Å². The Bertz CT molecular complexity index is 439. The lowest BCUT2D eigenvalue weighted by Gasteiger charge is -2.21. The van der Waals surface area contributed by atoms with E-state index in [-0.39, 0.29) is 0 Å². The third-order valence-electron chi connectivity index (χ3n) is 3.88. The van der Waals surface area contributed by atoms with Crippen molar-refractivity contribution in [3.8, 4) is 0 Å². The van der Waals surface area contributed by atoms with Gasteiger partial charge in [-0.25, -0.2) is 0 Å². The zero-order valence-corrected chi connectivity index (χ0v) is 13.6. The average molecular weight is 289 g/mol. The number of aryl methyl sites for hydroxylation is 1. The lowest BCUT2D eigenvalue weighted by Crippen LogP contribution is -2.33. The van der Waals surface area contributed by atoms with Crippen molar-refractivity contribution in [1.29, 1.82) is 0 Å². The largest absolute Gasteiger partial charge is 0.310 e. The van der Waals surface area contributed by atoms with Crippen LogP contribution in [-0.2, 0) is 0 Å². The number of allylic oxidation sites excluding steroid dienone is 1. The number of thioether (sulfide) groups is 1. The van der Waals surface area contributed by atoms with Crippen molar-refractivity contribution in [2.75, 3.05) is 12.3 Å². The first kappa shape index (κ1) is 15.7. The van der Waals surface area contributed by atoms with Gasteiger partial charge < -0.3 is 5.32 Å². The monoisotopic (exact) mass is 289 g/mol. The summed E-state index contributed by atoms with van der Waals surface area (Å²) in [7, 11) is 0. The van der Waals surface area contributed by atoms with E-state index < -0.39 is 0 Å². The minimum atomic E-state index is 0.545. The van der Waals surface area contributed by atoms with Gasteiger partial charge in [-0.1, -0.05) is 42.7 Å². The van der Waals surface area contributed by atoms with Gasteiger partial charge in [0.25, 0.3) is 0 Å². The molecule has 0 heterocycles. The molecule has 0 fully saturated rings. The molecule has 1 atom stereocenters. The summed E-state index contributed by atoms with van der Waals surface area (Å²) >= 11 is 1.98. The second-order valence-electron chi connectivity index (χ2n) is 5.62. The van der Waals surface area contributed by atoms with Crippen LogP contribution in [-0.4, -0.2) is 18.3 Å². The molecule has 0 saturated carbocycles. The molecule has 0 spiro atoms. The molecule has 1 nitrogen and oxygen atoms in total. The molecule has 0 radical (unpaired) electrons. The molecule has 2 heteroatoms. The highest BCUT2D eigenvalue weighted by Crippen LogP contribution is 2.25. The number of likely N-dealkylation sites (N-methyl/N-ethyl adjacent to an activating group) is 1. The maximum Gasteiger partial charge on any atom is 0.0374 e. The highest BCUT2D eigenvalue weighted by molar-refractivity contribution is 7.99. The first-order valence-electron chi connectivity index (χ1n) is 7.91. The van der Waals surface area contributed by atoms with Crippen LogP contribution in [0.4, 0.5) is 0 Å². The van der Waals surface area contributed by atoms with Gasteiger partial charge in [-0.3, -0.25) is 0 Å². The van der Waals surface area contributed by atoms with Crippen LogP contribution < -0.4 is 5.32 Å². The Labute approximate surface area is 128 Å². The SMILES string of the molecule is CCNC(CSc1cccc(C)c1)C1=CCCCCC1. The second kappa shape index (κ2) is 8.53. The van der Waals surface area contributed by atoms with E-state index in [9.17, 15) is 0 Å². The number of hydrogen-bond donors (Lipinski definition) is 1. The summed E-state index contributed by atoms with van der Waals surface area (Å²) in [6.45, 7) is 5.43. The highest BCUT2D eigenvalue weighted by atomic mass is 32.2. The summed E-state index contributed by atoms with van der Waals surface area (Å²) in [6, 6.07) is 9.38. The van der Waals surface area contributed by atoms with Crippen molar-refractivity contribution in [1.82, 2.24) is 5.32 Å². The van der Waals surface area contributed by atoms with Crippen molar-refractivity contribution in [2.24, 2.45) is 0 Å². The molecule has 1 unspecified atom stereocenters. The van der Waals surface area contributed by atoms with Crippen molar-refractivity contribution >= 4 is 11.8 Å². The summed E-state index contributed by atoms with van der Waals surface area (Å²) in [5.74, 6) is 1.14. The van der Waals surface area contributed by atoms with E-state index >= 15 is 0 Å². The Balaban J connectivity index is 1.96. The van der Waals surface area contributed by atoms with Gasteiger partial charge in [-0.2, -0.15) is 0 Å². The van der Waals surface area contributed by atoms with Gasteiger partial charge in [0.1, 0.15) is 0 Å². The van der Waals surface area contributed by atoms with Crippen molar-refractivity contribution in [3.63, 3.8) is 0 Å². The molecule has 0 saturated heterocycles. The summed E-state index contributed by atoms with van der Waals surface area (Å²) in [5, 5.41) is 3.68. The average Bonchev–Trinajstić information content (AvgIpc) is 2.72. The number of rotatable bonds is 6. The zero-order chi connectivity index (χ0) is 14.2. The van der Waals surface area contributed by atoms with E-state index in [1.54, 1.807) is 5.57 Å². The first-order valence-corrected chi connectivity index (χ1v) is 8.90. The van der Waals surface area contributed by atoms with Gasteiger partial charge >= 0.3 is 0 Å². The van der Waals surface area contributed by atoms with Crippen LogP contribution in [0.1, 0.15) is 44.6 Å². The molecule has 1 aliphatic carbocycles. The predicted octanol–water partition coefficient (Wildman–Crippen LogP) is 4.96. The molecule has 110 valence electrons. The minimum absolute atomic E-state index is 0.545. The lowest BCUT2D eigenvalue weighted by atomic mass is 10.0. The fraction of sp³-hybridized carbons (Fsp3) is 0.556. The summed E-state index contributed by atoms with van der Waals surface area (Å²) < 4.78 is 0. The Kier molecular flexibility index (Phi) is 6.68. The number of nitrogens with one attached hydrogen (secondary N) is 1. The fourth-order valence-electron chi connectivity index (χ4n) is 2.78. The smallest absolute Gasteiger partial charge is 0.0374 e. The first-order chi connectivity index (χ1) is 9.79. The van der Waals surface area contributed by atoms with Crippen LogP contribution >= 0.6 is 11.8 Å². The lowest BCUT2D eigenvalue weighted by molar-refractivity contribution is 0.608. The summed E-state index contributed by atoms with van der Waals surface area (Å²) in [6.07, 6.45) is 9.18.